The van der Waals surface area contributed by atoms with Gasteiger partial charge >= 0.3 is 6.09 Å². The average molecular weight is 543 g/mol. The van der Waals surface area contributed by atoms with Crippen molar-refractivity contribution in [2.45, 2.75) is 64.5 Å². The number of amides is 6. The van der Waals surface area contributed by atoms with Crippen LogP contribution >= 0.6 is 0 Å². The molecule has 4 rings (SSSR count). The van der Waals surface area contributed by atoms with Gasteiger partial charge < -0.3 is 14.4 Å². The molecule has 0 saturated carbocycles. The summed E-state index contributed by atoms with van der Waals surface area (Å²) in [6.45, 7) is 7.25. The van der Waals surface area contributed by atoms with Gasteiger partial charge in [-0.05, 0) is 64.7 Å². The normalized spacial score (nSPS) is 19.8. The summed E-state index contributed by atoms with van der Waals surface area (Å²) < 4.78 is 11.1. The molecule has 12 nitrogen and oxygen atoms in total. The van der Waals surface area contributed by atoms with E-state index in [0.717, 1.165) is 24.2 Å². The fourth-order valence-electron chi connectivity index (χ4n) is 4.74. The number of nitrogens with one attached hydrogen (secondary N) is 1. The highest BCUT2D eigenvalue weighted by molar-refractivity contribution is 6.23. The van der Waals surface area contributed by atoms with Crippen molar-refractivity contribution in [2.24, 2.45) is 0 Å². The number of carbonyl (C=O) groups is 6. The first-order valence-electron chi connectivity index (χ1n) is 13.2. The SMILES string of the molecule is CC(C)(C)OC(=O)N1CCN(CCCCCOc2ccc3c(c2)C(=O)N(C2CCC(=O)NC2=O)C3=O)C(=O)C1. The Bertz CT molecular complexity index is 1190. The van der Waals surface area contributed by atoms with E-state index in [1.807, 2.05) is 0 Å². The summed E-state index contributed by atoms with van der Waals surface area (Å²) in [7, 11) is 0. The molecule has 210 valence electrons. The Balaban J connectivity index is 1.19. The first-order chi connectivity index (χ1) is 18.4. The topological polar surface area (TPSA) is 143 Å². The zero-order valence-electron chi connectivity index (χ0n) is 22.5. The maximum Gasteiger partial charge on any atom is 0.410 e. The van der Waals surface area contributed by atoms with Crippen LogP contribution in [0.15, 0.2) is 18.2 Å². The quantitative estimate of drug-likeness (QED) is 0.386. The highest BCUT2D eigenvalue weighted by atomic mass is 16.6. The molecule has 1 unspecified atom stereocenters. The van der Waals surface area contributed by atoms with Crippen LogP contribution in [-0.2, 0) is 19.1 Å². The van der Waals surface area contributed by atoms with Crippen LogP contribution in [0.4, 0.5) is 4.79 Å². The molecule has 3 heterocycles. The van der Waals surface area contributed by atoms with E-state index in [1.165, 1.54) is 17.0 Å². The van der Waals surface area contributed by atoms with Gasteiger partial charge in [-0.15, -0.1) is 0 Å². The second kappa shape index (κ2) is 11.4. The molecule has 0 bridgehead atoms. The molecule has 12 heteroatoms. The summed E-state index contributed by atoms with van der Waals surface area (Å²) >= 11 is 0. The fraction of sp³-hybridized carbons (Fsp3) is 0.556. The number of carbonyl (C=O) groups excluding carboxylic acids is 6. The Labute approximate surface area is 226 Å². The molecular weight excluding hydrogens is 508 g/mol. The fourth-order valence-corrected chi connectivity index (χ4v) is 4.74. The third-order valence-electron chi connectivity index (χ3n) is 6.72. The minimum atomic E-state index is -1.01. The largest absolute Gasteiger partial charge is 0.494 e. The number of hydrogen-bond donors (Lipinski definition) is 1. The van der Waals surface area contributed by atoms with E-state index in [1.54, 1.807) is 31.7 Å². The van der Waals surface area contributed by atoms with Gasteiger partial charge in [0.2, 0.25) is 17.7 Å². The lowest BCUT2D eigenvalue weighted by atomic mass is 10.0. The average Bonchev–Trinajstić information content (AvgIpc) is 3.10. The lowest BCUT2D eigenvalue weighted by Gasteiger charge is -2.35. The molecule has 1 atom stereocenters. The predicted molar refractivity (Wildman–Crippen MR) is 137 cm³/mol. The van der Waals surface area contributed by atoms with E-state index in [2.05, 4.69) is 5.32 Å². The van der Waals surface area contributed by atoms with Crippen LogP contribution in [0.2, 0.25) is 0 Å². The minimum Gasteiger partial charge on any atom is -0.494 e. The van der Waals surface area contributed by atoms with Crippen LogP contribution in [0.3, 0.4) is 0 Å². The molecule has 1 aromatic rings. The molecule has 0 aromatic heterocycles. The van der Waals surface area contributed by atoms with Gasteiger partial charge in [-0.1, -0.05) is 0 Å². The summed E-state index contributed by atoms with van der Waals surface area (Å²) in [4.78, 5) is 78.0. The van der Waals surface area contributed by atoms with Gasteiger partial charge in [0.1, 0.15) is 23.9 Å². The van der Waals surface area contributed by atoms with Crippen LogP contribution in [0.5, 0.6) is 5.75 Å². The van der Waals surface area contributed by atoms with E-state index >= 15 is 0 Å². The Hall–Kier alpha value is -3.96. The van der Waals surface area contributed by atoms with E-state index in [-0.39, 0.29) is 36.4 Å². The number of unbranched alkanes of at least 4 members (excludes halogenated alkanes) is 2. The Morgan fingerprint density at radius 3 is 2.44 bits per heavy atom. The van der Waals surface area contributed by atoms with Crippen LogP contribution in [0.1, 0.15) is 73.6 Å². The number of benzene rings is 1. The number of ether oxygens (including phenoxy) is 2. The second-order valence-electron chi connectivity index (χ2n) is 10.8. The molecule has 3 aliphatic rings. The number of hydrogen-bond acceptors (Lipinski definition) is 8. The summed E-state index contributed by atoms with van der Waals surface area (Å²) in [5.41, 5.74) is -0.234. The third-order valence-corrected chi connectivity index (χ3v) is 6.72. The van der Waals surface area contributed by atoms with Crippen LogP contribution < -0.4 is 10.1 Å². The highest BCUT2D eigenvalue weighted by Crippen LogP contribution is 2.30. The number of nitrogens with zero attached hydrogens (tertiary/aromatic N) is 3. The van der Waals surface area contributed by atoms with E-state index < -0.39 is 41.4 Å². The number of fused-ring (bicyclic) bond motifs is 1. The van der Waals surface area contributed by atoms with Crippen LogP contribution in [-0.4, -0.2) is 94.8 Å². The maximum atomic E-state index is 12.9. The molecule has 1 aromatic carbocycles. The van der Waals surface area contributed by atoms with Crippen molar-refractivity contribution >= 4 is 35.6 Å². The molecule has 2 saturated heterocycles. The predicted octanol–water partition coefficient (Wildman–Crippen LogP) is 1.72. The standard InChI is InChI=1S/C27H34N4O8/c1-27(2,3)39-26(37)30-13-12-29(22(33)16-30)11-5-4-6-14-38-17-7-8-18-19(15-17)25(36)31(24(18)35)20-9-10-21(32)28-23(20)34/h7-8,15,20H,4-6,9-14,16H2,1-3H3,(H,28,32,34). The van der Waals surface area contributed by atoms with Crippen LogP contribution in [0.25, 0.3) is 0 Å². The first kappa shape index (κ1) is 28.1. The number of rotatable bonds is 8. The molecule has 2 fully saturated rings. The summed E-state index contributed by atoms with van der Waals surface area (Å²) in [6, 6.07) is 3.62. The number of piperidine rings is 1. The zero-order chi connectivity index (χ0) is 28.3. The van der Waals surface area contributed by atoms with Crippen molar-refractivity contribution < 1.29 is 38.2 Å². The molecule has 0 aliphatic carbocycles. The van der Waals surface area contributed by atoms with E-state index in [4.69, 9.17) is 9.47 Å². The minimum absolute atomic E-state index is 0.0124. The molecule has 39 heavy (non-hydrogen) atoms. The number of imide groups is 2. The van der Waals surface area contributed by atoms with Gasteiger partial charge in [0.05, 0.1) is 17.7 Å². The molecular formula is C27H34N4O8. The Morgan fingerprint density at radius 1 is 1.00 bits per heavy atom. The maximum absolute atomic E-state index is 12.9. The van der Waals surface area contributed by atoms with Crippen molar-refractivity contribution in [2.75, 3.05) is 32.8 Å². The van der Waals surface area contributed by atoms with Gasteiger partial charge in [-0.25, -0.2) is 4.79 Å². The number of piperazine rings is 1. The van der Waals surface area contributed by atoms with Crippen LogP contribution in [0, 0.1) is 0 Å². The summed E-state index contributed by atoms with van der Waals surface area (Å²) in [5, 5.41) is 2.18. The summed E-state index contributed by atoms with van der Waals surface area (Å²) in [6.07, 6.45) is 2.00. The summed E-state index contributed by atoms with van der Waals surface area (Å²) in [5.74, 6) is -1.87. The molecule has 6 amide bonds. The molecule has 0 spiro atoms. The van der Waals surface area contributed by atoms with Gasteiger partial charge in [0.15, 0.2) is 0 Å². The van der Waals surface area contributed by atoms with Gasteiger partial charge in [-0.2, -0.15) is 0 Å². The molecule has 3 aliphatic heterocycles. The Morgan fingerprint density at radius 2 is 1.74 bits per heavy atom. The van der Waals surface area contributed by atoms with Crippen molar-refractivity contribution in [1.29, 1.82) is 0 Å². The highest BCUT2D eigenvalue weighted by Gasteiger charge is 2.44. The van der Waals surface area contributed by atoms with E-state index in [0.29, 0.717) is 32.0 Å². The van der Waals surface area contributed by atoms with Crippen molar-refractivity contribution in [3.63, 3.8) is 0 Å². The first-order valence-corrected chi connectivity index (χ1v) is 13.2. The second-order valence-corrected chi connectivity index (χ2v) is 10.8. The van der Waals surface area contributed by atoms with Crippen molar-refractivity contribution in [3.05, 3.63) is 29.3 Å². The lowest BCUT2D eigenvalue weighted by Crippen LogP contribution is -2.54. The third kappa shape index (κ3) is 6.55. The van der Waals surface area contributed by atoms with E-state index in [9.17, 15) is 28.8 Å². The smallest absolute Gasteiger partial charge is 0.410 e. The van der Waals surface area contributed by atoms with Crippen molar-refractivity contribution in [1.82, 2.24) is 20.0 Å². The lowest BCUT2D eigenvalue weighted by molar-refractivity contribution is -0.137. The molecule has 1 N–H and O–H groups in total. The van der Waals surface area contributed by atoms with Crippen molar-refractivity contribution in [3.8, 4) is 5.75 Å². The monoisotopic (exact) mass is 542 g/mol. The Kier molecular flexibility index (Phi) is 8.22. The van der Waals surface area contributed by atoms with Gasteiger partial charge in [-0.3, -0.25) is 39.1 Å². The van der Waals surface area contributed by atoms with Gasteiger partial charge in [0, 0.05) is 26.1 Å². The zero-order valence-corrected chi connectivity index (χ0v) is 22.5. The van der Waals surface area contributed by atoms with Gasteiger partial charge in [0.25, 0.3) is 11.8 Å². The molecule has 0 radical (unpaired) electrons.